The van der Waals surface area contributed by atoms with Gasteiger partial charge in [0, 0.05) is 12.7 Å². The highest BCUT2D eigenvalue weighted by molar-refractivity contribution is 7.89. The van der Waals surface area contributed by atoms with Gasteiger partial charge in [-0.15, -0.1) is 0 Å². The number of sulfonamides is 1. The summed E-state index contributed by atoms with van der Waals surface area (Å²) >= 11 is 0. The normalized spacial score (nSPS) is 18.5. The second-order valence-corrected chi connectivity index (χ2v) is 7.04. The third kappa shape index (κ3) is 3.82. The van der Waals surface area contributed by atoms with E-state index >= 15 is 0 Å². The van der Waals surface area contributed by atoms with Crippen molar-refractivity contribution in [1.29, 1.82) is 0 Å². The van der Waals surface area contributed by atoms with E-state index in [1.165, 1.54) is 12.5 Å². The number of hydrogen-bond donors (Lipinski definition) is 2. The van der Waals surface area contributed by atoms with Crippen LogP contribution in [-0.4, -0.2) is 35.1 Å². The molecule has 118 valence electrons. The molecule has 1 fully saturated rings. The molecule has 0 amide bonds. The van der Waals surface area contributed by atoms with Gasteiger partial charge in [-0.1, -0.05) is 19.3 Å². The molecule has 0 aromatic carbocycles. The summed E-state index contributed by atoms with van der Waals surface area (Å²) in [7, 11) is -3.91. The molecular weight excluding hydrogens is 294 g/mol. The zero-order valence-electron chi connectivity index (χ0n) is 12.0. The maximum Gasteiger partial charge on any atom is 0.322 e. The number of nitrogens with one attached hydrogen (secondary N) is 1. The van der Waals surface area contributed by atoms with Crippen LogP contribution in [0.2, 0.25) is 0 Å². The molecule has 0 bridgehead atoms. The number of aryl methyl sites for hydroxylation is 1. The van der Waals surface area contributed by atoms with Gasteiger partial charge in [-0.25, -0.2) is 13.4 Å². The van der Waals surface area contributed by atoms with Crippen LogP contribution >= 0.6 is 0 Å². The highest BCUT2D eigenvalue weighted by Crippen LogP contribution is 2.27. The van der Waals surface area contributed by atoms with Gasteiger partial charge in [0.2, 0.25) is 0 Å². The topological polar surface area (TPSA) is 101 Å². The van der Waals surface area contributed by atoms with Gasteiger partial charge in [-0.2, -0.15) is 4.72 Å². The van der Waals surface area contributed by atoms with Crippen molar-refractivity contribution in [2.24, 2.45) is 5.92 Å². The summed E-state index contributed by atoms with van der Waals surface area (Å²) in [6.45, 7) is 2.47. The van der Waals surface area contributed by atoms with Crippen molar-refractivity contribution in [1.82, 2.24) is 14.3 Å². The van der Waals surface area contributed by atoms with E-state index in [0.29, 0.717) is 6.54 Å². The fraction of sp³-hybridized carbons (Fsp3) is 0.692. The molecule has 1 aromatic heterocycles. The third-order valence-corrected chi connectivity index (χ3v) is 5.25. The van der Waals surface area contributed by atoms with Gasteiger partial charge < -0.3 is 9.67 Å². The van der Waals surface area contributed by atoms with Crippen LogP contribution in [-0.2, 0) is 21.4 Å². The SMILES string of the molecule is CCn1cnc(S(=O)(=O)NC(C(=O)O)C2CCCCC2)c1. The number of nitrogens with zero attached hydrogens (tertiary/aromatic N) is 2. The van der Waals surface area contributed by atoms with Crippen LogP contribution in [0.15, 0.2) is 17.6 Å². The van der Waals surface area contributed by atoms with Crippen LogP contribution in [0.1, 0.15) is 39.0 Å². The molecule has 1 aromatic rings. The molecule has 21 heavy (non-hydrogen) atoms. The van der Waals surface area contributed by atoms with E-state index in [-0.39, 0.29) is 10.9 Å². The molecule has 7 nitrogen and oxygen atoms in total. The van der Waals surface area contributed by atoms with Crippen LogP contribution < -0.4 is 4.72 Å². The number of rotatable bonds is 6. The predicted octanol–water partition coefficient (Wildman–Crippen LogP) is 1.21. The molecular formula is C13H21N3O4S. The lowest BCUT2D eigenvalue weighted by molar-refractivity contribution is -0.140. The molecule has 1 heterocycles. The lowest BCUT2D eigenvalue weighted by Crippen LogP contribution is -2.46. The fourth-order valence-corrected chi connectivity index (χ4v) is 3.90. The summed E-state index contributed by atoms with van der Waals surface area (Å²) in [5, 5.41) is 9.20. The van der Waals surface area contributed by atoms with E-state index in [0.717, 1.165) is 32.1 Å². The maximum absolute atomic E-state index is 12.3. The van der Waals surface area contributed by atoms with Crippen molar-refractivity contribution in [3.05, 3.63) is 12.5 Å². The Bertz CT molecular complexity index is 590. The Hall–Kier alpha value is -1.41. The molecule has 0 spiro atoms. The van der Waals surface area contributed by atoms with Crippen molar-refractivity contribution in [2.75, 3.05) is 0 Å². The Morgan fingerprint density at radius 1 is 1.48 bits per heavy atom. The van der Waals surface area contributed by atoms with Gasteiger partial charge in [-0.05, 0) is 25.7 Å². The number of imidazole rings is 1. The maximum atomic E-state index is 12.3. The quantitative estimate of drug-likeness (QED) is 0.822. The Morgan fingerprint density at radius 2 is 2.14 bits per heavy atom. The van der Waals surface area contributed by atoms with Gasteiger partial charge in [0.1, 0.15) is 6.04 Å². The fourth-order valence-electron chi connectivity index (χ4n) is 2.69. The van der Waals surface area contributed by atoms with Crippen molar-refractivity contribution in [2.45, 2.75) is 56.6 Å². The molecule has 8 heteroatoms. The lowest BCUT2D eigenvalue weighted by Gasteiger charge is -2.27. The van der Waals surface area contributed by atoms with Gasteiger partial charge in [0.25, 0.3) is 10.0 Å². The first-order chi connectivity index (χ1) is 9.94. The number of aromatic nitrogens is 2. The van der Waals surface area contributed by atoms with Crippen LogP contribution in [0, 0.1) is 5.92 Å². The van der Waals surface area contributed by atoms with Crippen LogP contribution in [0.25, 0.3) is 0 Å². The van der Waals surface area contributed by atoms with Crippen molar-refractivity contribution in [3.8, 4) is 0 Å². The molecule has 1 saturated carbocycles. The largest absolute Gasteiger partial charge is 0.480 e. The lowest BCUT2D eigenvalue weighted by atomic mass is 9.84. The van der Waals surface area contributed by atoms with Crippen LogP contribution in [0.4, 0.5) is 0 Å². The first-order valence-electron chi connectivity index (χ1n) is 7.21. The van der Waals surface area contributed by atoms with Crippen molar-refractivity contribution < 1.29 is 18.3 Å². The average Bonchev–Trinajstić information content (AvgIpc) is 2.95. The van der Waals surface area contributed by atoms with Gasteiger partial charge in [-0.3, -0.25) is 4.79 Å². The monoisotopic (exact) mass is 315 g/mol. The van der Waals surface area contributed by atoms with Crippen molar-refractivity contribution in [3.63, 3.8) is 0 Å². The van der Waals surface area contributed by atoms with E-state index < -0.39 is 22.0 Å². The van der Waals surface area contributed by atoms with Crippen LogP contribution in [0.5, 0.6) is 0 Å². The van der Waals surface area contributed by atoms with Gasteiger partial charge in [0.05, 0.1) is 6.33 Å². The summed E-state index contributed by atoms with van der Waals surface area (Å²) in [6.07, 6.45) is 7.27. The molecule has 1 aliphatic rings. The molecule has 0 saturated heterocycles. The number of carbonyl (C=O) groups is 1. The number of hydrogen-bond acceptors (Lipinski definition) is 4. The predicted molar refractivity (Wildman–Crippen MR) is 76.2 cm³/mol. The molecule has 1 atom stereocenters. The molecule has 1 aliphatic carbocycles. The summed E-state index contributed by atoms with van der Waals surface area (Å²) in [5.41, 5.74) is 0. The van der Waals surface area contributed by atoms with Crippen molar-refractivity contribution >= 4 is 16.0 Å². The summed E-state index contributed by atoms with van der Waals surface area (Å²) in [5.74, 6) is -1.28. The first-order valence-corrected chi connectivity index (χ1v) is 8.69. The standard InChI is InChI=1S/C13H21N3O4S/c1-2-16-8-11(14-9-16)21(19,20)15-12(13(17)18)10-6-4-3-5-7-10/h8-10,12,15H,2-7H2,1H3,(H,17,18). The minimum atomic E-state index is -3.91. The molecule has 1 unspecified atom stereocenters. The smallest absolute Gasteiger partial charge is 0.322 e. The second kappa shape index (κ2) is 6.57. The Labute approximate surface area is 124 Å². The Kier molecular flexibility index (Phi) is 5.00. The molecule has 2 rings (SSSR count). The molecule has 2 N–H and O–H groups in total. The Morgan fingerprint density at radius 3 is 2.67 bits per heavy atom. The Balaban J connectivity index is 2.16. The molecule has 0 aliphatic heterocycles. The van der Waals surface area contributed by atoms with Gasteiger partial charge >= 0.3 is 5.97 Å². The van der Waals surface area contributed by atoms with Gasteiger partial charge in [0.15, 0.2) is 5.03 Å². The number of carboxylic acid groups (broad SMARTS) is 1. The summed E-state index contributed by atoms with van der Waals surface area (Å²) in [4.78, 5) is 15.3. The molecule has 0 radical (unpaired) electrons. The van der Waals surface area contributed by atoms with E-state index in [9.17, 15) is 18.3 Å². The zero-order chi connectivity index (χ0) is 15.5. The zero-order valence-corrected chi connectivity index (χ0v) is 12.8. The van der Waals surface area contributed by atoms with E-state index in [4.69, 9.17) is 0 Å². The summed E-state index contributed by atoms with van der Waals surface area (Å²) < 4.78 is 28.5. The summed E-state index contributed by atoms with van der Waals surface area (Å²) in [6, 6.07) is -1.08. The van der Waals surface area contributed by atoms with Crippen LogP contribution in [0.3, 0.4) is 0 Å². The highest BCUT2D eigenvalue weighted by Gasteiger charge is 2.34. The second-order valence-electron chi connectivity index (χ2n) is 5.38. The van der Waals surface area contributed by atoms with E-state index in [1.807, 2.05) is 6.92 Å². The van der Waals surface area contributed by atoms with E-state index in [2.05, 4.69) is 9.71 Å². The number of carboxylic acids is 1. The highest BCUT2D eigenvalue weighted by atomic mass is 32.2. The minimum Gasteiger partial charge on any atom is -0.480 e. The minimum absolute atomic E-state index is 0.133. The van der Waals surface area contributed by atoms with E-state index in [1.54, 1.807) is 4.57 Å². The third-order valence-electron chi connectivity index (χ3n) is 3.92. The first kappa shape index (κ1) is 16.0. The number of aliphatic carboxylic acids is 1. The average molecular weight is 315 g/mol.